The number of aryl methyl sites for hydroxylation is 1. The molecule has 0 radical (unpaired) electrons. The van der Waals surface area contributed by atoms with Gasteiger partial charge < -0.3 is 10.1 Å². The molecule has 1 heterocycles. The Labute approximate surface area is 106 Å². The molecule has 0 unspecified atom stereocenters. The molecule has 1 aromatic heterocycles. The van der Waals surface area contributed by atoms with Crippen molar-refractivity contribution in [3.63, 3.8) is 0 Å². The van der Waals surface area contributed by atoms with E-state index in [1.807, 2.05) is 19.1 Å². The van der Waals surface area contributed by atoms with E-state index < -0.39 is 0 Å². The predicted octanol–water partition coefficient (Wildman–Crippen LogP) is 2.65. The van der Waals surface area contributed by atoms with Crippen LogP contribution in [0.3, 0.4) is 0 Å². The number of aromatic nitrogens is 1. The van der Waals surface area contributed by atoms with Crippen LogP contribution in [0.4, 0.5) is 5.69 Å². The van der Waals surface area contributed by atoms with Crippen LogP contribution in [0.2, 0.25) is 0 Å². The van der Waals surface area contributed by atoms with Crippen LogP contribution in [0.25, 0.3) is 0 Å². The van der Waals surface area contributed by atoms with Crippen LogP contribution in [0.5, 0.6) is 5.75 Å². The molecule has 2 rings (SSSR count). The summed E-state index contributed by atoms with van der Waals surface area (Å²) < 4.78 is 5.16. The van der Waals surface area contributed by atoms with Gasteiger partial charge in [-0.15, -0.1) is 0 Å². The molecule has 18 heavy (non-hydrogen) atoms. The minimum Gasteiger partial charge on any atom is -0.496 e. The summed E-state index contributed by atoms with van der Waals surface area (Å²) in [5.74, 6) is 0.347. The van der Waals surface area contributed by atoms with Crippen LogP contribution < -0.4 is 10.1 Å². The summed E-state index contributed by atoms with van der Waals surface area (Å²) in [6, 6.07) is 8.95. The van der Waals surface area contributed by atoms with Crippen LogP contribution >= 0.6 is 0 Å². The maximum Gasteiger partial charge on any atom is 0.259 e. The third-order valence-corrected chi connectivity index (χ3v) is 2.64. The van der Waals surface area contributed by atoms with Gasteiger partial charge >= 0.3 is 0 Å². The SMILES string of the molecule is COc1ccccc1C(=O)Nc1cnccc1C. The Kier molecular flexibility index (Phi) is 3.57. The molecule has 1 N–H and O–H groups in total. The minimum absolute atomic E-state index is 0.205. The summed E-state index contributed by atoms with van der Waals surface area (Å²) in [7, 11) is 1.54. The van der Waals surface area contributed by atoms with Gasteiger partial charge in [-0.05, 0) is 30.7 Å². The van der Waals surface area contributed by atoms with E-state index in [-0.39, 0.29) is 5.91 Å². The Bertz CT molecular complexity index is 567. The van der Waals surface area contributed by atoms with E-state index in [4.69, 9.17) is 4.74 Å². The molecule has 4 nitrogen and oxygen atoms in total. The number of amides is 1. The molecule has 2 aromatic rings. The fraction of sp³-hybridized carbons (Fsp3) is 0.143. The number of nitrogens with zero attached hydrogens (tertiary/aromatic N) is 1. The number of rotatable bonds is 3. The molecular formula is C14H14N2O2. The number of hydrogen-bond acceptors (Lipinski definition) is 3. The van der Waals surface area contributed by atoms with E-state index in [1.54, 1.807) is 37.7 Å². The highest BCUT2D eigenvalue weighted by atomic mass is 16.5. The molecule has 0 aliphatic heterocycles. The van der Waals surface area contributed by atoms with Gasteiger partial charge in [0, 0.05) is 6.20 Å². The highest BCUT2D eigenvalue weighted by molar-refractivity contribution is 6.06. The monoisotopic (exact) mass is 242 g/mol. The molecule has 1 amide bonds. The van der Waals surface area contributed by atoms with Crippen molar-refractivity contribution in [2.75, 3.05) is 12.4 Å². The summed E-state index contributed by atoms with van der Waals surface area (Å²) in [5, 5.41) is 2.82. The van der Waals surface area contributed by atoms with Gasteiger partial charge in [-0.2, -0.15) is 0 Å². The van der Waals surface area contributed by atoms with Gasteiger partial charge in [0.05, 0.1) is 24.6 Å². The van der Waals surface area contributed by atoms with Crippen molar-refractivity contribution in [1.29, 1.82) is 0 Å². The standard InChI is InChI=1S/C14H14N2O2/c1-10-7-8-15-9-12(10)16-14(17)11-5-3-4-6-13(11)18-2/h3-9H,1-2H3,(H,16,17). The van der Waals surface area contributed by atoms with Crippen LogP contribution in [0.15, 0.2) is 42.7 Å². The Morgan fingerprint density at radius 3 is 2.78 bits per heavy atom. The van der Waals surface area contributed by atoms with E-state index in [1.165, 1.54) is 0 Å². The van der Waals surface area contributed by atoms with E-state index >= 15 is 0 Å². The van der Waals surface area contributed by atoms with Crippen molar-refractivity contribution in [2.24, 2.45) is 0 Å². The number of ether oxygens (including phenoxy) is 1. The second-order valence-electron chi connectivity index (χ2n) is 3.85. The van der Waals surface area contributed by atoms with Crippen molar-refractivity contribution < 1.29 is 9.53 Å². The van der Waals surface area contributed by atoms with Crippen molar-refractivity contribution >= 4 is 11.6 Å². The first-order valence-electron chi connectivity index (χ1n) is 5.57. The molecule has 0 aliphatic rings. The lowest BCUT2D eigenvalue weighted by Crippen LogP contribution is -2.14. The van der Waals surface area contributed by atoms with Crippen molar-refractivity contribution in [2.45, 2.75) is 6.92 Å². The zero-order valence-electron chi connectivity index (χ0n) is 10.3. The molecule has 0 bridgehead atoms. The van der Waals surface area contributed by atoms with Gasteiger partial charge in [-0.3, -0.25) is 9.78 Å². The highest BCUT2D eigenvalue weighted by Crippen LogP contribution is 2.20. The number of carbonyl (C=O) groups is 1. The van der Waals surface area contributed by atoms with Gasteiger partial charge in [0.1, 0.15) is 5.75 Å². The third kappa shape index (κ3) is 2.48. The Hall–Kier alpha value is -2.36. The lowest BCUT2D eigenvalue weighted by molar-refractivity contribution is 0.102. The van der Waals surface area contributed by atoms with Crippen molar-refractivity contribution in [3.05, 3.63) is 53.9 Å². The topological polar surface area (TPSA) is 51.2 Å². The molecule has 0 atom stereocenters. The Morgan fingerprint density at radius 2 is 2.06 bits per heavy atom. The zero-order chi connectivity index (χ0) is 13.0. The fourth-order valence-electron chi connectivity index (χ4n) is 1.62. The molecule has 1 aromatic carbocycles. The molecular weight excluding hydrogens is 228 g/mol. The summed E-state index contributed by atoms with van der Waals surface area (Å²) in [4.78, 5) is 16.1. The number of hydrogen-bond donors (Lipinski definition) is 1. The minimum atomic E-state index is -0.205. The number of pyridine rings is 1. The van der Waals surface area contributed by atoms with Gasteiger partial charge in [0.2, 0.25) is 0 Å². The largest absolute Gasteiger partial charge is 0.496 e. The summed E-state index contributed by atoms with van der Waals surface area (Å²) in [6.07, 6.45) is 3.32. The van der Waals surface area contributed by atoms with Crippen molar-refractivity contribution in [3.8, 4) is 5.75 Å². The van der Waals surface area contributed by atoms with Crippen LogP contribution in [0.1, 0.15) is 15.9 Å². The van der Waals surface area contributed by atoms with Crippen LogP contribution in [0, 0.1) is 6.92 Å². The number of methoxy groups -OCH3 is 1. The third-order valence-electron chi connectivity index (χ3n) is 2.64. The first-order valence-corrected chi connectivity index (χ1v) is 5.57. The first-order chi connectivity index (χ1) is 8.72. The van der Waals surface area contributed by atoms with Crippen LogP contribution in [-0.4, -0.2) is 18.0 Å². The maximum absolute atomic E-state index is 12.1. The van der Waals surface area contributed by atoms with Gasteiger partial charge in [-0.25, -0.2) is 0 Å². The van der Waals surface area contributed by atoms with Gasteiger partial charge in [0.25, 0.3) is 5.91 Å². The Balaban J connectivity index is 2.25. The maximum atomic E-state index is 12.1. The quantitative estimate of drug-likeness (QED) is 0.900. The molecule has 0 saturated heterocycles. The molecule has 0 aliphatic carbocycles. The van der Waals surface area contributed by atoms with Gasteiger partial charge in [-0.1, -0.05) is 12.1 Å². The second-order valence-corrected chi connectivity index (χ2v) is 3.85. The van der Waals surface area contributed by atoms with Crippen LogP contribution in [-0.2, 0) is 0 Å². The van der Waals surface area contributed by atoms with E-state index in [2.05, 4.69) is 10.3 Å². The fourth-order valence-corrected chi connectivity index (χ4v) is 1.62. The second kappa shape index (κ2) is 5.31. The Morgan fingerprint density at radius 1 is 1.28 bits per heavy atom. The smallest absolute Gasteiger partial charge is 0.259 e. The summed E-state index contributed by atoms with van der Waals surface area (Å²) in [6.45, 7) is 1.92. The van der Waals surface area contributed by atoms with Crippen molar-refractivity contribution in [1.82, 2.24) is 4.98 Å². The molecule has 4 heteroatoms. The molecule has 0 saturated carbocycles. The summed E-state index contributed by atoms with van der Waals surface area (Å²) >= 11 is 0. The van der Waals surface area contributed by atoms with E-state index in [0.29, 0.717) is 17.0 Å². The predicted molar refractivity (Wildman–Crippen MR) is 69.9 cm³/mol. The van der Waals surface area contributed by atoms with Gasteiger partial charge in [0.15, 0.2) is 0 Å². The lowest BCUT2D eigenvalue weighted by atomic mass is 10.1. The first kappa shape index (κ1) is 12.1. The van der Waals surface area contributed by atoms with E-state index in [0.717, 1.165) is 5.56 Å². The molecule has 0 spiro atoms. The molecule has 92 valence electrons. The number of benzene rings is 1. The number of anilines is 1. The number of carbonyl (C=O) groups excluding carboxylic acids is 1. The summed E-state index contributed by atoms with van der Waals surface area (Å²) in [5.41, 5.74) is 2.17. The average molecular weight is 242 g/mol. The van der Waals surface area contributed by atoms with E-state index in [9.17, 15) is 4.79 Å². The lowest BCUT2D eigenvalue weighted by Gasteiger charge is -2.10. The zero-order valence-corrected chi connectivity index (χ0v) is 10.3. The normalized spacial score (nSPS) is 9.89. The average Bonchev–Trinajstić information content (AvgIpc) is 2.41. The number of para-hydroxylation sites is 1. The molecule has 0 fully saturated rings. The highest BCUT2D eigenvalue weighted by Gasteiger charge is 2.12. The number of nitrogens with one attached hydrogen (secondary N) is 1.